The number of aryl methyl sites for hydroxylation is 1. The zero-order valence-corrected chi connectivity index (χ0v) is 12.9. The number of likely N-dealkylation sites (tertiary alicyclic amines) is 1. The van der Waals surface area contributed by atoms with Crippen molar-refractivity contribution in [3.63, 3.8) is 0 Å². The number of rotatable bonds is 4. The van der Waals surface area contributed by atoms with Gasteiger partial charge in [0.05, 0.1) is 5.69 Å². The van der Waals surface area contributed by atoms with Gasteiger partial charge in [-0.05, 0) is 19.8 Å². The molecule has 0 aliphatic carbocycles. The van der Waals surface area contributed by atoms with Crippen molar-refractivity contribution in [1.82, 2.24) is 10.1 Å². The van der Waals surface area contributed by atoms with Crippen LogP contribution in [0, 0.1) is 6.92 Å². The minimum atomic E-state index is -0.966. The molecule has 1 aromatic heterocycles. The molecule has 0 radical (unpaired) electrons. The first-order valence-electron chi connectivity index (χ1n) is 7.63. The second-order valence-corrected chi connectivity index (χ2v) is 5.56. The third kappa shape index (κ3) is 3.41. The molecule has 1 aromatic carbocycles. The van der Waals surface area contributed by atoms with Crippen molar-refractivity contribution in [3.05, 3.63) is 53.4 Å². The Morgan fingerprint density at radius 3 is 2.52 bits per heavy atom. The molecule has 1 aliphatic heterocycles. The second kappa shape index (κ2) is 6.64. The zero-order valence-electron chi connectivity index (χ0n) is 12.9. The van der Waals surface area contributed by atoms with Gasteiger partial charge in [0.2, 0.25) is 11.9 Å². The van der Waals surface area contributed by atoms with Crippen molar-refractivity contribution in [1.29, 1.82) is 0 Å². The van der Waals surface area contributed by atoms with Crippen LogP contribution in [0.5, 0.6) is 0 Å². The SMILES string of the molecule is Cc1cc(C(=O)O[C@@H](C(=O)N2CCCC2)c2ccccc2)on1. The number of carbonyl (C=O) groups excluding carboxylic acids is 2. The highest BCUT2D eigenvalue weighted by Crippen LogP contribution is 2.24. The van der Waals surface area contributed by atoms with E-state index in [4.69, 9.17) is 9.26 Å². The fourth-order valence-electron chi connectivity index (χ4n) is 2.62. The molecule has 0 unspecified atom stereocenters. The van der Waals surface area contributed by atoms with Gasteiger partial charge in [-0.3, -0.25) is 4.79 Å². The van der Waals surface area contributed by atoms with Gasteiger partial charge in [0.1, 0.15) is 0 Å². The lowest BCUT2D eigenvalue weighted by Crippen LogP contribution is -2.34. The van der Waals surface area contributed by atoms with Crippen molar-refractivity contribution < 1.29 is 18.8 Å². The van der Waals surface area contributed by atoms with Gasteiger partial charge in [0.15, 0.2) is 0 Å². The molecule has 1 amide bonds. The molecule has 2 heterocycles. The van der Waals surface area contributed by atoms with E-state index in [0.29, 0.717) is 24.3 Å². The Labute approximate surface area is 134 Å². The van der Waals surface area contributed by atoms with Crippen molar-refractivity contribution in [2.24, 2.45) is 0 Å². The van der Waals surface area contributed by atoms with Crippen LogP contribution >= 0.6 is 0 Å². The van der Waals surface area contributed by atoms with E-state index >= 15 is 0 Å². The van der Waals surface area contributed by atoms with Gasteiger partial charge < -0.3 is 14.2 Å². The van der Waals surface area contributed by atoms with E-state index in [2.05, 4.69) is 5.16 Å². The Morgan fingerprint density at radius 1 is 1.22 bits per heavy atom. The molecule has 0 N–H and O–H groups in total. The van der Waals surface area contributed by atoms with Crippen LogP contribution in [0.15, 0.2) is 40.9 Å². The van der Waals surface area contributed by atoms with Crippen LogP contribution in [0.1, 0.15) is 40.8 Å². The van der Waals surface area contributed by atoms with Crippen LogP contribution < -0.4 is 0 Å². The van der Waals surface area contributed by atoms with E-state index < -0.39 is 12.1 Å². The lowest BCUT2D eigenvalue weighted by atomic mass is 10.1. The standard InChI is InChI=1S/C17H18N2O4/c1-12-11-14(23-18-12)17(21)22-15(13-7-3-2-4-8-13)16(20)19-9-5-6-10-19/h2-4,7-8,11,15H,5-6,9-10H2,1H3/t15-/m1/s1. The summed E-state index contributed by atoms with van der Waals surface area (Å²) in [6, 6.07) is 10.5. The Morgan fingerprint density at radius 2 is 1.91 bits per heavy atom. The molecule has 6 nitrogen and oxygen atoms in total. The predicted molar refractivity (Wildman–Crippen MR) is 81.7 cm³/mol. The summed E-state index contributed by atoms with van der Waals surface area (Å²) in [6.07, 6.45) is 0.984. The Balaban J connectivity index is 1.83. The fraction of sp³-hybridized carbons (Fsp3) is 0.353. The smallest absolute Gasteiger partial charge is 0.378 e. The molecule has 1 atom stereocenters. The number of hydrogen-bond donors (Lipinski definition) is 0. The molecule has 6 heteroatoms. The number of ether oxygens (including phenoxy) is 1. The summed E-state index contributed by atoms with van der Waals surface area (Å²) in [5.74, 6) is -0.886. The summed E-state index contributed by atoms with van der Waals surface area (Å²) < 4.78 is 10.4. The monoisotopic (exact) mass is 314 g/mol. The van der Waals surface area contributed by atoms with Crippen molar-refractivity contribution in [2.75, 3.05) is 13.1 Å². The lowest BCUT2D eigenvalue weighted by molar-refractivity contribution is -0.140. The zero-order chi connectivity index (χ0) is 16.2. The Hall–Kier alpha value is -2.63. The first-order valence-corrected chi connectivity index (χ1v) is 7.63. The molecular formula is C17H18N2O4. The van der Waals surface area contributed by atoms with E-state index in [1.165, 1.54) is 6.07 Å². The minimum absolute atomic E-state index is 0.00217. The molecular weight excluding hydrogens is 296 g/mol. The molecule has 1 saturated heterocycles. The van der Waals surface area contributed by atoms with E-state index in [0.717, 1.165) is 12.8 Å². The summed E-state index contributed by atoms with van der Waals surface area (Å²) in [7, 11) is 0. The minimum Gasteiger partial charge on any atom is -0.441 e. The third-order valence-corrected chi connectivity index (χ3v) is 3.80. The van der Waals surface area contributed by atoms with E-state index in [1.54, 1.807) is 24.0 Å². The topological polar surface area (TPSA) is 72.6 Å². The maximum absolute atomic E-state index is 12.7. The highest BCUT2D eigenvalue weighted by molar-refractivity contribution is 5.90. The normalized spacial score (nSPS) is 15.4. The quantitative estimate of drug-likeness (QED) is 0.811. The Bertz CT molecular complexity index is 690. The largest absolute Gasteiger partial charge is 0.441 e. The van der Waals surface area contributed by atoms with Crippen molar-refractivity contribution in [3.8, 4) is 0 Å². The number of nitrogens with zero attached hydrogens (tertiary/aromatic N) is 2. The summed E-state index contributed by atoms with van der Waals surface area (Å²) in [4.78, 5) is 26.7. The summed E-state index contributed by atoms with van der Waals surface area (Å²) in [5, 5.41) is 3.67. The van der Waals surface area contributed by atoms with E-state index in [-0.39, 0.29) is 11.7 Å². The van der Waals surface area contributed by atoms with E-state index in [9.17, 15) is 9.59 Å². The van der Waals surface area contributed by atoms with Crippen molar-refractivity contribution >= 4 is 11.9 Å². The molecule has 0 saturated carbocycles. The average molecular weight is 314 g/mol. The number of hydrogen-bond acceptors (Lipinski definition) is 5. The van der Waals surface area contributed by atoms with Crippen molar-refractivity contribution in [2.45, 2.75) is 25.9 Å². The third-order valence-electron chi connectivity index (χ3n) is 3.80. The predicted octanol–water partition coefficient (Wildman–Crippen LogP) is 2.50. The van der Waals surface area contributed by atoms with Gasteiger partial charge in [-0.2, -0.15) is 0 Å². The summed E-state index contributed by atoms with van der Waals surface area (Å²) in [6.45, 7) is 3.10. The molecule has 0 spiro atoms. The number of amides is 1. The number of carbonyl (C=O) groups is 2. The molecule has 23 heavy (non-hydrogen) atoms. The van der Waals surface area contributed by atoms with Gasteiger partial charge >= 0.3 is 5.97 Å². The molecule has 1 fully saturated rings. The number of aromatic nitrogens is 1. The molecule has 1 aliphatic rings. The van der Waals surface area contributed by atoms with Crippen LogP contribution in [-0.4, -0.2) is 35.0 Å². The first kappa shape index (κ1) is 15.3. The molecule has 2 aromatic rings. The van der Waals surface area contributed by atoms with Gasteiger partial charge in [-0.1, -0.05) is 35.5 Å². The van der Waals surface area contributed by atoms with Crippen LogP contribution in [-0.2, 0) is 9.53 Å². The lowest BCUT2D eigenvalue weighted by Gasteiger charge is -2.23. The highest BCUT2D eigenvalue weighted by atomic mass is 16.6. The highest BCUT2D eigenvalue weighted by Gasteiger charge is 2.32. The first-order chi connectivity index (χ1) is 11.1. The molecule has 0 bridgehead atoms. The fourth-order valence-corrected chi connectivity index (χ4v) is 2.62. The van der Waals surface area contributed by atoms with Gasteiger partial charge in [-0.15, -0.1) is 0 Å². The summed E-state index contributed by atoms with van der Waals surface area (Å²) in [5.41, 5.74) is 1.23. The van der Waals surface area contributed by atoms with Gasteiger partial charge in [0, 0.05) is 24.7 Å². The second-order valence-electron chi connectivity index (χ2n) is 5.56. The molecule has 3 rings (SSSR count). The van der Waals surface area contributed by atoms with E-state index in [1.807, 2.05) is 18.2 Å². The number of esters is 1. The summed E-state index contributed by atoms with van der Waals surface area (Å²) >= 11 is 0. The van der Waals surface area contributed by atoms with Crippen LogP contribution in [0.3, 0.4) is 0 Å². The van der Waals surface area contributed by atoms with Crippen LogP contribution in [0.4, 0.5) is 0 Å². The van der Waals surface area contributed by atoms with Gasteiger partial charge in [0.25, 0.3) is 5.91 Å². The maximum Gasteiger partial charge on any atom is 0.378 e. The molecule has 120 valence electrons. The Kier molecular flexibility index (Phi) is 4.41. The average Bonchev–Trinajstić information content (AvgIpc) is 3.24. The maximum atomic E-state index is 12.7. The van der Waals surface area contributed by atoms with Gasteiger partial charge in [-0.25, -0.2) is 4.79 Å². The van der Waals surface area contributed by atoms with Crippen LogP contribution in [0.25, 0.3) is 0 Å². The number of benzene rings is 1. The van der Waals surface area contributed by atoms with Crippen LogP contribution in [0.2, 0.25) is 0 Å².